The van der Waals surface area contributed by atoms with Crippen molar-refractivity contribution in [3.8, 4) is 0 Å². The second kappa shape index (κ2) is 4.40. The SMILES string of the molecule is CC(=O)O[C@@H]1CS(=O)(=O)[C@@H](OC(C)=O)[C@H]1C. The van der Waals surface area contributed by atoms with E-state index in [2.05, 4.69) is 0 Å². The lowest BCUT2D eigenvalue weighted by Gasteiger charge is -2.17. The summed E-state index contributed by atoms with van der Waals surface area (Å²) in [7, 11) is -3.55. The molecule has 1 aliphatic rings. The lowest BCUT2D eigenvalue weighted by molar-refractivity contribution is -0.151. The van der Waals surface area contributed by atoms with Gasteiger partial charge in [-0.05, 0) is 0 Å². The van der Waals surface area contributed by atoms with E-state index in [0.717, 1.165) is 6.92 Å². The van der Waals surface area contributed by atoms with Crippen LogP contribution >= 0.6 is 0 Å². The molecule has 6 nitrogen and oxygen atoms in total. The van der Waals surface area contributed by atoms with Crippen molar-refractivity contribution in [2.75, 3.05) is 5.75 Å². The smallest absolute Gasteiger partial charge is 0.303 e. The first-order valence-electron chi connectivity index (χ1n) is 4.80. The van der Waals surface area contributed by atoms with E-state index in [4.69, 9.17) is 9.47 Å². The zero-order chi connectivity index (χ0) is 12.5. The molecule has 0 aromatic heterocycles. The van der Waals surface area contributed by atoms with Crippen LogP contribution < -0.4 is 0 Å². The summed E-state index contributed by atoms with van der Waals surface area (Å²) >= 11 is 0. The number of hydrogen-bond donors (Lipinski definition) is 0. The van der Waals surface area contributed by atoms with Gasteiger partial charge in [-0.25, -0.2) is 8.42 Å². The highest BCUT2D eigenvalue weighted by Gasteiger charge is 2.48. The summed E-state index contributed by atoms with van der Waals surface area (Å²) in [6.45, 7) is 3.92. The first-order valence-corrected chi connectivity index (χ1v) is 6.51. The molecule has 0 N–H and O–H groups in total. The van der Waals surface area contributed by atoms with E-state index in [1.54, 1.807) is 6.92 Å². The van der Waals surface area contributed by atoms with Crippen LogP contribution in [0.2, 0.25) is 0 Å². The van der Waals surface area contributed by atoms with Gasteiger partial charge in [-0.1, -0.05) is 6.92 Å². The van der Waals surface area contributed by atoms with Gasteiger partial charge in [0.25, 0.3) is 0 Å². The van der Waals surface area contributed by atoms with Gasteiger partial charge in [0, 0.05) is 19.8 Å². The highest BCUT2D eigenvalue weighted by atomic mass is 32.2. The topological polar surface area (TPSA) is 86.7 Å². The van der Waals surface area contributed by atoms with Gasteiger partial charge >= 0.3 is 11.9 Å². The Labute approximate surface area is 93.8 Å². The fraction of sp³-hybridized carbons (Fsp3) is 0.778. The van der Waals surface area contributed by atoms with Gasteiger partial charge in [0.15, 0.2) is 9.84 Å². The van der Waals surface area contributed by atoms with Crippen LogP contribution in [0.3, 0.4) is 0 Å². The Morgan fingerprint density at radius 1 is 1.12 bits per heavy atom. The van der Waals surface area contributed by atoms with Crippen LogP contribution in [-0.4, -0.2) is 37.6 Å². The minimum atomic E-state index is -3.55. The fourth-order valence-electron chi connectivity index (χ4n) is 1.68. The average molecular weight is 250 g/mol. The van der Waals surface area contributed by atoms with E-state index in [1.165, 1.54) is 6.92 Å². The molecule has 0 aromatic carbocycles. The van der Waals surface area contributed by atoms with Gasteiger partial charge in [0.2, 0.25) is 5.44 Å². The molecule has 0 spiro atoms. The number of sulfone groups is 1. The zero-order valence-corrected chi connectivity index (χ0v) is 10.1. The predicted octanol–water partition coefficient (Wildman–Crippen LogP) is -0.128. The first-order chi connectivity index (χ1) is 7.24. The van der Waals surface area contributed by atoms with Crippen LogP contribution in [0.4, 0.5) is 0 Å². The first kappa shape index (κ1) is 13.0. The fourth-order valence-corrected chi connectivity index (χ4v) is 3.81. The monoisotopic (exact) mass is 250 g/mol. The van der Waals surface area contributed by atoms with Gasteiger partial charge in [0.05, 0.1) is 5.75 Å². The summed E-state index contributed by atoms with van der Waals surface area (Å²) in [6.07, 6.45) is -0.744. The highest BCUT2D eigenvalue weighted by Crippen LogP contribution is 2.30. The molecule has 92 valence electrons. The Morgan fingerprint density at radius 3 is 2.06 bits per heavy atom. The largest absolute Gasteiger partial charge is 0.461 e. The second-order valence-corrected chi connectivity index (χ2v) is 5.94. The van der Waals surface area contributed by atoms with E-state index in [-0.39, 0.29) is 5.75 Å². The van der Waals surface area contributed by atoms with Crippen molar-refractivity contribution in [1.29, 1.82) is 0 Å². The van der Waals surface area contributed by atoms with Gasteiger partial charge in [-0.3, -0.25) is 9.59 Å². The average Bonchev–Trinajstić information content (AvgIpc) is 2.27. The number of ether oxygens (including phenoxy) is 2. The molecule has 0 aliphatic carbocycles. The summed E-state index contributed by atoms with van der Waals surface area (Å²) in [4.78, 5) is 21.5. The van der Waals surface area contributed by atoms with Crippen molar-refractivity contribution in [3.63, 3.8) is 0 Å². The molecular formula is C9H14O6S. The van der Waals surface area contributed by atoms with E-state index in [9.17, 15) is 18.0 Å². The van der Waals surface area contributed by atoms with E-state index < -0.39 is 39.2 Å². The van der Waals surface area contributed by atoms with Crippen LogP contribution in [0.5, 0.6) is 0 Å². The Bertz CT molecular complexity index is 398. The lowest BCUT2D eigenvalue weighted by Crippen LogP contribution is -2.29. The minimum absolute atomic E-state index is 0.300. The van der Waals surface area contributed by atoms with E-state index in [0.29, 0.717) is 0 Å². The Kier molecular flexibility index (Phi) is 3.57. The Balaban J connectivity index is 2.86. The standard InChI is InChI=1S/C9H14O6S/c1-5-8(14-6(2)10)4-16(12,13)9(5)15-7(3)11/h5,8-9H,4H2,1-3H3/t5-,8+,9+/m0/s1. The molecule has 0 aromatic rings. The molecule has 0 bridgehead atoms. The quantitative estimate of drug-likeness (QED) is 0.634. The van der Waals surface area contributed by atoms with Crippen LogP contribution in [0, 0.1) is 5.92 Å². The molecule has 0 saturated carbocycles. The Morgan fingerprint density at radius 2 is 1.62 bits per heavy atom. The summed E-state index contributed by atoms with van der Waals surface area (Å²) in [5.41, 5.74) is -1.21. The van der Waals surface area contributed by atoms with Crippen molar-refractivity contribution in [2.45, 2.75) is 32.3 Å². The third kappa shape index (κ3) is 2.72. The molecule has 0 amide bonds. The number of rotatable bonds is 2. The molecule has 0 unspecified atom stereocenters. The number of carbonyl (C=O) groups excluding carboxylic acids is 2. The zero-order valence-electron chi connectivity index (χ0n) is 9.30. The van der Waals surface area contributed by atoms with Crippen molar-refractivity contribution in [3.05, 3.63) is 0 Å². The van der Waals surface area contributed by atoms with Crippen LogP contribution in [0.1, 0.15) is 20.8 Å². The third-order valence-corrected chi connectivity index (χ3v) is 4.39. The van der Waals surface area contributed by atoms with Gasteiger partial charge in [0.1, 0.15) is 6.10 Å². The van der Waals surface area contributed by atoms with E-state index >= 15 is 0 Å². The number of carbonyl (C=O) groups is 2. The second-order valence-electron chi connectivity index (χ2n) is 3.81. The van der Waals surface area contributed by atoms with Crippen LogP contribution in [-0.2, 0) is 28.9 Å². The maximum atomic E-state index is 11.6. The lowest BCUT2D eigenvalue weighted by atomic mass is 10.1. The maximum Gasteiger partial charge on any atom is 0.303 e. The third-order valence-electron chi connectivity index (χ3n) is 2.37. The number of esters is 2. The molecule has 1 fully saturated rings. The van der Waals surface area contributed by atoms with Crippen molar-refractivity contribution in [2.24, 2.45) is 5.92 Å². The van der Waals surface area contributed by atoms with Gasteiger partial charge in [-0.15, -0.1) is 0 Å². The summed E-state index contributed by atoms with van der Waals surface area (Å²) in [6, 6.07) is 0. The van der Waals surface area contributed by atoms with Gasteiger partial charge in [-0.2, -0.15) is 0 Å². The predicted molar refractivity (Wildman–Crippen MR) is 54.1 cm³/mol. The maximum absolute atomic E-state index is 11.6. The van der Waals surface area contributed by atoms with Crippen LogP contribution in [0.25, 0.3) is 0 Å². The van der Waals surface area contributed by atoms with Gasteiger partial charge < -0.3 is 9.47 Å². The van der Waals surface area contributed by atoms with Crippen molar-refractivity contribution < 1.29 is 27.5 Å². The van der Waals surface area contributed by atoms with E-state index in [1.807, 2.05) is 0 Å². The molecule has 1 rings (SSSR count). The molecule has 3 atom stereocenters. The molecular weight excluding hydrogens is 236 g/mol. The molecule has 1 aliphatic heterocycles. The summed E-state index contributed by atoms with van der Waals surface area (Å²) < 4.78 is 32.9. The highest BCUT2D eigenvalue weighted by molar-refractivity contribution is 7.92. The minimum Gasteiger partial charge on any atom is -0.461 e. The van der Waals surface area contributed by atoms with Crippen LogP contribution in [0.15, 0.2) is 0 Å². The molecule has 1 saturated heterocycles. The normalized spacial score (nSPS) is 32.1. The molecule has 1 heterocycles. The summed E-state index contributed by atoms with van der Waals surface area (Å²) in [5, 5.41) is 0. The van der Waals surface area contributed by atoms with Crippen molar-refractivity contribution in [1.82, 2.24) is 0 Å². The van der Waals surface area contributed by atoms with Crippen molar-refractivity contribution >= 4 is 21.8 Å². The molecule has 16 heavy (non-hydrogen) atoms. The molecule has 7 heteroatoms. The Hall–Kier alpha value is -1.11. The summed E-state index contributed by atoms with van der Waals surface area (Å²) in [5.74, 6) is -2.05. The number of hydrogen-bond acceptors (Lipinski definition) is 6. The molecule has 0 radical (unpaired) electrons.